The minimum Gasteiger partial charge on any atom is -0.381 e. The van der Waals surface area contributed by atoms with Crippen LogP contribution in [0.15, 0.2) is 36.5 Å². The first-order valence-corrected chi connectivity index (χ1v) is 6.75. The van der Waals surface area contributed by atoms with Crippen LogP contribution >= 0.6 is 0 Å². The molecule has 2 heterocycles. The van der Waals surface area contributed by atoms with Gasteiger partial charge in [-0.2, -0.15) is 0 Å². The molecule has 19 heavy (non-hydrogen) atoms. The van der Waals surface area contributed by atoms with E-state index in [1.165, 1.54) is 0 Å². The van der Waals surface area contributed by atoms with Crippen molar-refractivity contribution in [2.45, 2.75) is 19.3 Å². The van der Waals surface area contributed by atoms with Crippen LogP contribution in [0.5, 0.6) is 0 Å². The van der Waals surface area contributed by atoms with Gasteiger partial charge in [0.05, 0.1) is 5.52 Å². The van der Waals surface area contributed by atoms with Crippen molar-refractivity contribution in [2.24, 2.45) is 5.92 Å². The fraction of sp³-hybridized carbons (Fsp3) is 0.375. The molecule has 1 aliphatic rings. The summed E-state index contributed by atoms with van der Waals surface area (Å²) in [6, 6.07) is 9.92. The SMILES string of the molecule is O=C(Cc1ccnc2ccccc12)CC1CCOC1. The summed E-state index contributed by atoms with van der Waals surface area (Å²) in [6.45, 7) is 1.54. The molecule has 0 bridgehead atoms. The molecule has 1 atom stereocenters. The quantitative estimate of drug-likeness (QED) is 0.843. The van der Waals surface area contributed by atoms with E-state index in [-0.39, 0.29) is 0 Å². The zero-order valence-electron chi connectivity index (χ0n) is 10.8. The lowest BCUT2D eigenvalue weighted by molar-refractivity contribution is -0.119. The van der Waals surface area contributed by atoms with Crippen LogP contribution in [0.1, 0.15) is 18.4 Å². The number of nitrogens with zero attached hydrogens (tertiary/aromatic N) is 1. The topological polar surface area (TPSA) is 39.2 Å². The van der Waals surface area contributed by atoms with E-state index >= 15 is 0 Å². The first-order valence-electron chi connectivity index (χ1n) is 6.75. The molecule has 1 saturated heterocycles. The number of para-hydroxylation sites is 1. The van der Waals surface area contributed by atoms with Gasteiger partial charge in [-0.15, -0.1) is 0 Å². The number of benzene rings is 1. The fourth-order valence-corrected chi connectivity index (χ4v) is 2.66. The van der Waals surface area contributed by atoms with E-state index in [0.29, 0.717) is 24.5 Å². The molecule has 0 amide bonds. The van der Waals surface area contributed by atoms with Crippen molar-refractivity contribution in [2.75, 3.05) is 13.2 Å². The van der Waals surface area contributed by atoms with E-state index < -0.39 is 0 Å². The van der Waals surface area contributed by atoms with Gasteiger partial charge in [0.15, 0.2) is 0 Å². The summed E-state index contributed by atoms with van der Waals surface area (Å²) in [7, 11) is 0. The summed E-state index contributed by atoms with van der Waals surface area (Å²) in [6.07, 6.45) is 3.93. The molecule has 2 aromatic rings. The van der Waals surface area contributed by atoms with Crippen LogP contribution in [-0.4, -0.2) is 24.0 Å². The zero-order chi connectivity index (χ0) is 13.1. The Kier molecular flexibility index (Phi) is 3.56. The third kappa shape index (κ3) is 2.82. The van der Waals surface area contributed by atoms with Gasteiger partial charge in [-0.1, -0.05) is 18.2 Å². The van der Waals surface area contributed by atoms with Gasteiger partial charge in [0, 0.05) is 37.6 Å². The maximum atomic E-state index is 12.1. The van der Waals surface area contributed by atoms with Crippen LogP contribution in [-0.2, 0) is 16.0 Å². The molecule has 0 spiro atoms. The van der Waals surface area contributed by atoms with Crippen LogP contribution in [0, 0.1) is 5.92 Å². The molecular weight excluding hydrogens is 238 g/mol. The number of ketones is 1. The second-order valence-electron chi connectivity index (χ2n) is 5.14. The second-order valence-corrected chi connectivity index (χ2v) is 5.14. The highest BCUT2D eigenvalue weighted by Crippen LogP contribution is 2.20. The minimum absolute atomic E-state index is 0.298. The van der Waals surface area contributed by atoms with E-state index in [2.05, 4.69) is 4.98 Å². The maximum Gasteiger partial charge on any atom is 0.137 e. The third-order valence-corrected chi connectivity index (χ3v) is 3.67. The van der Waals surface area contributed by atoms with Crippen molar-refractivity contribution in [3.63, 3.8) is 0 Å². The molecule has 1 unspecified atom stereocenters. The third-order valence-electron chi connectivity index (χ3n) is 3.67. The predicted molar refractivity (Wildman–Crippen MR) is 74.0 cm³/mol. The number of hydrogen-bond acceptors (Lipinski definition) is 3. The van der Waals surface area contributed by atoms with Crippen molar-refractivity contribution in [3.05, 3.63) is 42.1 Å². The maximum absolute atomic E-state index is 12.1. The fourth-order valence-electron chi connectivity index (χ4n) is 2.66. The second kappa shape index (κ2) is 5.49. The average molecular weight is 255 g/mol. The van der Waals surface area contributed by atoms with Gasteiger partial charge in [-0.3, -0.25) is 9.78 Å². The molecule has 0 saturated carbocycles. The molecule has 1 aromatic heterocycles. The van der Waals surface area contributed by atoms with Crippen molar-refractivity contribution in [3.8, 4) is 0 Å². The van der Waals surface area contributed by atoms with Crippen LogP contribution in [0.25, 0.3) is 10.9 Å². The number of rotatable bonds is 4. The Morgan fingerprint density at radius 3 is 3.05 bits per heavy atom. The molecule has 0 aliphatic carbocycles. The Morgan fingerprint density at radius 2 is 2.21 bits per heavy atom. The number of Topliss-reactive ketones (excluding diaryl/α,β-unsaturated/α-hetero) is 1. The van der Waals surface area contributed by atoms with Crippen LogP contribution in [0.2, 0.25) is 0 Å². The normalized spacial score (nSPS) is 18.8. The molecular formula is C16H17NO2. The number of carbonyl (C=O) groups is 1. The largest absolute Gasteiger partial charge is 0.381 e. The Hall–Kier alpha value is -1.74. The summed E-state index contributed by atoms with van der Waals surface area (Å²) < 4.78 is 5.32. The van der Waals surface area contributed by atoms with Gasteiger partial charge in [0.25, 0.3) is 0 Å². The minimum atomic E-state index is 0.298. The number of pyridine rings is 1. The Bertz CT molecular complexity index is 583. The summed E-state index contributed by atoms with van der Waals surface area (Å²) >= 11 is 0. The smallest absolute Gasteiger partial charge is 0.137 e. The van der Waals surface area contributed by atoms with Gasteiger partial charge < -0.3 is 4.74 Å². The van der Waals surface area contributed by atoms with Gasteiger partial charge in [-0.25, -0.2) is 0 Å². The van der Waals surface area contributed by atoms with Gasteiger partial charge >= 0.3 is 0 Å². The Morgan fingerprint density at radius 1 is 1.32 bits per heavy atom. The Labute approximate surface area is 112 Å². The number of fused-ring (bicyclic) bond motifs is 1. The van der Waals surface area contributed by atoms with E-state index in [0.717, 1.165) is 36.1 Å². The molecule has 3 heteroatoms. The molecule has 0 radical (unpaired) electrons. The van der Waals surface area contributed by atoms with E-state index in [1.54, 1.807) is 6.20 Å². The van der Waals surface area contributed by atoms with Crippen molar-refractivity contribution in [1.29, 1.82) is 0 Å². The number of hydrogen-bond donors (Lipinski definition) is 0. The van der Waals surface area contributed by atoms with Gasteiger partial charge in [0.2, 0.25) is 0 Å². The first-order chi connectivity index (χ1) is 9.33. The highest BCUT2D eigenvalue weighted by Gasteiger charge is 2.19. The van der Waals surface area contributed by atoms with Crippen molar-refractivity contribution < 1.29 is 9.53 Å². The van der Waals surface area contributed by atoms with E-state index in [9.17, 15) is 4.79 Å². The summed E-state index contributed by atoms with van der Waals surface area (Å²) in [5, 5.41) is 1.08. The van der Waals surface area contributed by atoms with Crippen LogP contribution < -0.4 is 0 Å². The molecule has 1 fully saturated rings. The molecule has 1 aliphatic heterocycles. The molecule has 3 nitrogen and oxygen atoms in total. The van der Waals surface area contributed by atoms with Crippen LogP contribution in [0.3, 0.4) is 0 Å². The standard InChI is InChI=1S/C16H17NO2/c18-14(9-12-6-8-19-11-12)10-13-5-7-17-16-4-2-1-3-15(13)16/h1-5,7,12H,6,8-11H2. The lowest BCUT2D eigenvalue weighted by Crippen LogP contribution is -2.11. The first kappa shape index (κ1) is 12.3. The highest BCUT2D eigenvalue weighted by molar-refractivity contribution is 5.88. The summed E-state index contributed by atoms with van der Waals surface area (Å²) in [5.41, 5.74) is 2.03. The predicted octanol–water partition coefficient (Wildman–Crippen LogP) is 2.77. The monoisotopic (exact) mass is 255 g/mol. The number of aromatic nitrogens is 1. The molecule has 1 aromatic carbocycles. The molecule has 3 rings (SSSR count). The lowest BCUT2D eigenvalue weighted by atomic mass is 9.96. The van der Waals surface area contributed by atoms with Gasteiger partial charge in [-0.05, 0) is 30.0 Å². The van der Waals surface area contributed by atoms with Crippen molar-refractivity contribution >= 4 is 16.7 Å². The van der Waals surface area contributed by atoms with Gasteiger partial charge in [0.1, 0.15) is 5.78 Å². The highest BCUT2D eigenvalue weighted by atomic mass is 16.5. The number of ether oxygens (including phenoxy) is 1. The lowest BCUT2D eigenvalue weighted by Gasteiger charge is -2.08. The number of carbonyl (C=O) groups excluding carboxylic acids is 1. The van der Waals surface area contributed by atoms with Crippen molar-refractivity contribution in [1.82, 2.24) is 4.98 Å². The van der Waals surface area contributed by atoms with Crippen LogP contribution in [0.4, 0.5) is 0 Å². The Balaban J connectivity index is 1.75. The average Bonchev–Trinajstić information content (AvgIpc) is 2.92. The summed E-state index contributed by atoms with van der Waals surface area (Å²) in [5.74, 6) is 0.715. The summed E-state index contributed by atoms with van der Waals surface area (Å²) in [4.78, 5) is 16.5. The zero-order valence-corrected chi connectivity index (χ0v) is 10.8. The van der Waals surface area contributed by atoms with E-state index in [1.807, 2.05) is 30.3 Å². The van der Waals surface area contributed by atoms with E-state index in [4.69, 9.17) is 4.74 Å². The molecule has 98 valence electrons. The molecule has 0 N–H and O–H groups in total.